The van der Waals surface area contributed by atoms with Gasteiger partial charge in [-0.2, -0.15) is 13.2 Å². The molecule has 1 aliphatic heterocycles. The lowest BCUT2D eigenvalue weighted by molar-refractivity contribution is -0.147. The van der Waals surface area contributed by atoms with Gasteiger partial charge in [0.1, 0.15) is 0 Å². The summed E-state index contributed by atoms with van der Waals surface area (Å²) in [7, 11) is 0. The highest BCUT2D eigenvalue weighted by Gasteiger charge is 2.39. The van der Waals surface area contributed by atoms with Gasteiger partial charge in [0.15, 0.2) is 0 Å². The molecule has 0 radical (unpaired) electrons. The zero-order valence-corrected chi connectivity index (χ0v) is 12.0. The molecular weight excluding hydrogens is 285 g/mol. The molecule has 0 unspecified atom stereocenters. The molecule has 0 aliphatic carbocycles. The van der Waals surface area contributed by atoms with E-state index in [9.17, 15) is 18.0 Å². The number of imidazole rings is 1. The van der Waals surface area contributed by atoms with Crippen LogP contribution in [0.1, 0.15) is 37.5 Å². The Bertz CT molecular complexity index is 522. The summed E-state index contributed by atoms with van der Waals surface area (Å²) in [4.78, 5) is 15.3. The summed E-state index contributed by atoms with van der Waals surface area (Å²) in [6, 6.07) is -0.0273. The maximum absolute atomic E-state index is 13.1. The van der Waals surface area contributed by atoms with E-state index in [-0.39, 0.29) is 24.9 Å². The minimum atomic E-state index is -4.51. The quantitative estimate of drug-likeness (QED) is 0.885. The molecule has 118 valence electrons. The molecule has 0 saturated heterocycles. The molecule has 0 bridgehead atoms. The Balaban J connectivity index is 2.20. The largest absolute Gasteiger partial charge is 0.449 e. The number of carbonyl (C=O) groups excluding carboxylic acids is 1. The van der Waals surface area contributed by atoms with Crippen molar-refractivity contribution in [3.8, 4) is 0 Å². The van der Waals surface area contributed by atoms with Crippen molar-refractivity contribution < 1.29 is 18.0 Å². The van der Waals surface area contributed by atoms with Gasteiger partial charge in [-0.25, -0.2) is 4.98 Å². The molecule has 8 heteroatoms. The highest BCUT2D eigenvalue weighted by molar-refractivity contribution is 5.76. The summed E-state index contributed by atoms with van der Waals surface area (Å²) in [5.74, 6) is -1.16. The van der Waals surface area contributed by atoms with Crippen LogP contribution in [0.2, 0.25) is 0 Å². The van der Waals surface area contributed by atoms with Crippen molar-refractivity contribution in [1.29, 1.82) is 0 Å². The number of nitrogens with zero attached hydrogens (tertiary/aromatic N) is 2. The Kier molecular flexibility index (Phi) is 4.55. The number of halogens is 3. The Morgan fingerprint density at radius 3 is 2.81 bits per heavy atom. The van der Waals surface area contributed by atoms with E-state index in [1.807, 2.05) is 13.8 Å². The van der Waals surface area contributed by atoms with Gasteiger partial charge in [-0.15, -0.1) is 0 Å². The molecule has 2 N–H and O–H groups in total. The molecule has 21 heavy (non-hydrogen) atoms. The zero-order valence-electron chi connectivity index (χ0n) is 12.0. The standard InChI is InChI=1S/C13H19F3N4O/c1-8(2)18-11(21)4-6-20-10-3-5-17-7-9(10)19-12(20)13(14,15)16/h8,17H,3-7H2,1-2H3,(H,18,21). The van der Waals surface area contributed by atoms with Crippen LogP contribution in [0.4, 0.5) is 13.2 Å². The first-order valence-electron chi connectivity index (χ1n) is 6.94. The normalized spacial score (nSPS) is 15.1. The van der Waals surface area contributed by atoms with Crippen LogP contribution in [0, 0.1) is 0 Å². The molecule has 5 nitrogen and oxygen atoms in total. The topological polar surface area (TPSA) is 59.0 Å². The summed E-state index contributed by atoms with van der Waals surface area (Å²) >= 11 is 0. The number of hydrogen-bond donors (Lipinski definition) is 2. The highest BCUT2D eigenvalue weighted by atomic mass is 19.4. The number of hydrogen-bond acceptors (Lipinski definition) is 3. The molecule has 1 aliphatic rings. The van der Waals surface area contributed by atoms with E-state index in [4.69, 9.17) is 0 Å². The zero-order chi connectivity index (χ0) is 15.6. The minimum absolute atomic E-state index is 0.00424. The molecule has 2 heterocycles. The summed E-state index contributed by atoms with van der Waals surface area (Å²) in [5, 5.41) is 5.68. The number of nitrogens with one attached hydrogen (secondary N) is 2. The first-order chi connectivity index (χ1) is 9.79. The third kappa shape index (κ3) is 3.75. The van der Waals surface area contributed by atoms with E-state index in [0.29, 0.717) is 30.9 Å². The number of aromatic nitrogens is 2. The van der Waals surface area contributed by atoms with Crippen molar-refractivity contribution in [2.45, 2.75) is 52.0 Å². The first kappa shape index (κ1) is 15.8. The monoisotopic (exact) mass is 304 g/mol. The fourth-order valence-corrected chi connectivity index (χ4v) is 2.44. The predicted molar refractivity (Wildman–Crippen MR) is 70.5 cm³/mol. The van der Waals surface area contributed by atoms with Crippen molar-refractivity contribution >= 4 is 5.91 Å². The molecule has 0 atom stereocenters. The summed E-state index contributed by atoms with van der Waals surface area (Å²) in [6.45, 7) is 4.57. The molecular formula is C13H19F3N4O. The fourth-order valence-electron chi connectivity index (χ4n) is 2.44. The molecule has 1 aromatic rings. The van der Waals surface area contributed by atoms with Gasteiger partial charge in [-0.05, 0) is 13.8 Å². The van der Waals surface area contributed by atoms with Crippen molar-refractivity contribution in [2.24, 2.45) is 0 Å². The van der Waals surface area contributed by atoms with Crippen LogP contribution >= 0.6 is 0 Å². The number of rotatable bonds is 4. The van der Waals surface area contributed by atoms with Crippen molar-refractivity contribution in [2.75, 3.05) is 6.54 Å². The Morgan fingerprint density at radius 1 is 1.48 bits per heavy atom. The Labute approximate surface area is 120 Å². The summed E-state index contributed by atoms with van der Waals surface area (Å²) in [5.41, 5.74) is 1.01. The van der Waals surface area contributed by atoms with E-state index >= 15 is 0 Å². The van der Waals surface area contributed by atoms with Gasteiger partial charge in [0, 0.05) is 44.2 Å². The van der Waals surface area contributed by atoms with Crippen molar-refractivity contribution in [3.63, 3.8) is 0 Å². The van der Waals surface area contributed by atoms with E-state index in [2.05, 4.69) is 15.6 Å². The second-order valence-electron chi connectivity index (χ2n) is 5.38. The number of alkyl halides is 3. The average molecular weight is 304 g/mol. The van der Waals surface area contributed by atoms with Crippen molar-refractivity contribution in [1.82, 2.24) is 20.2 Å². The van der Waals surface area contributed by atoms with Gasteiger partial charge in [0.2, 0.25) is 11.7 Å². The lowest BCUT2D eigenvalue weighted by atomic mass is 10.2. The first-order valence-corrected chi connectivity index (χ1v) is 6.94. The maximum Gasteiger partial charge on any atom is 0.449 e. The molecule has 0 saturated carbocycles. The lowest BCUT2D eigenvalue weighted by Crippen LogP contribution is -2.31. The second-order valence-corrected chi connectivity index (χ2v) is 5.38. The number of carbonyl (C=O) groups is 1. The number of fused-ring (bicyclic) bond motifs is 1. The van der Waals surface area contributed by atoms with Crippen LogP contribution in [-0.2, 0) is 30.5 Å². The summed E-state index contributed by atoms with van der Waals surface area (Å²) in [6.07, 6.45) is -4.01. The van der Waals surface area contributed by atoms with Gasteiger partial charge in [0.25, 0.3) is 0 Å². The van der Waals surface area contributed by atoms with Crippen molar-refractivity contribution in [3.05, 3.63) is 17.2 Å². The maximum atomic E-state index is 13.1. The van der Waals surface area contributed by atoms with Gasteiger partial charge < -0.3 is 15.2 Å². The minimum Gasteiger partial charge on any atom is -0.354 e. The molecule has 2 rings (SSSR count). The molecule has 0 aromatic carbocycles. The molecule has 1 amide bonds. The average Bonchev–Trinajstić information content (AvgIpc) is 2.74. The second kappa shape index (κ2) is 6.05. The van der Waals surface area contributed by atoms with Gasteiger partial charge in [-0.1, -0.05) is 0 Å². The lowest BCUT2D eigenvalue weighted by Gasteiger charge is -2.17. The van der Waals surface area contributed by atoms with Crippen LogP contribution in [0.25, 0.3) is 0 Å². The molecule has 0 spiro atoms. The SMILES string of the molecule is CC(C)NC(=O)CCn1c(C(F)(F)F)nc2c1CCNC2. The Morgan fingerprint density at radius 2 is 2.19 bits per heavy atom. The third-order valence-corrected chi connectivity index (χ3v) is 3.25. The molecule has 0 fully saturated rings. The van der Waals surface area contributed by atoms with E-state index in [0.717, 1.165) is 4.57 Å². The van der Waals surface area contributed by atoms with Crippen LogP contribution in [-0.4, -0.2) is 28.0 Å². The highest BCUT2D eigenvalue weighted by Crippen LogP contribution is 2.31. The van der Waals surface area contributed by atoms with Crippen LogP contribution in [0.15, 0.2) is 0 Å². The van der Waals surface area contributed by atoms with Gasteiger partial charge >= 0.3 is 6.18 Å². The van der Waals surface area contributed by atoms with Crippen LogP contribution < -0.4 is 10.6 Å². The fraction of sp³-hybridized carbons (Fsp3) is 0.692. The predicted octanol–water partition coefficient (Wildman–Crippen LogP) is 1.46. The smallest absolute Gasteiger partial charge is 0.354 e. The van der Waals surface area contributed by atoms with Gasteiger partial charge in [0.05, 0.1) is 5.69 Å². The van der Waals surface area contributed by atoms with Crippen LogP contribution in [0.3, 0.4) is 0 Å². The number of amides is 1. The van der Waals surface area contributed by atoms with E-state index < -0.39 is 12.0 Å². The van der Waals surface area contributed by atoms with E-state index in [1.165, 1.54) is 0 Å². The van der Waals surface area contributed by atoms with E-state index in [1.54, 1.807) is 0 Å². The summed E-state index contributed by atoms with van der Waals surface area (Å²) < 4.78 is 40.3. The Hall–Kier alpha value is -1.57. The van der Waals surface area contributed by atoms with Crippen LogP contribution in [0.5, 0.6) is 0 Å². The third-order valence-electron chi connectivity index (χ3n) is 3.25. The van der Waals surface area contributed by atoms with Gasteiger partial charge in [-0.3, -0.25) is 4.79 Å². The molecule has 1 aromatic heterocycles.